The second-order valence-electron chi connectivity index (χ2n) is 7.86. The number of hydrogen-bond donors (Lipinski definition) is 2. The Bertz CT molecular complexity index is 891. The van der Waals surface area contributed by atoms with Gasteiger partial charge in [-0.3, -0.25) is 4.79 Å². The van der Waals surface area contributed by atoms with Crippen LogP contribution in [0.5, 0.6) is 0 Å². The number of nitrogens with one attached hydrogen (secondary N) is 1. The highest BCUT2D eigenvalue weighted by Crippen LogP contribution is 2.54. The number of rotatable bonds is 4. The molecule has 0 unspecified atom stereocenters. The number of benzene rings is 1. The molecule has 26 heavy (non-hydrogen) atoms. The Kier molecular flexibility index (Phi) is 3.87. The zero-order chi connectivity index (χ0) is 18.6. The highest BCUT2D eigenvalue weighted by molar-refractivity contribution is 5.95. The van der Waals surface area contributed by atoms with Gasteiger partial charge >= 0.3 is 0 Å². The number of carbonyl (C=O) groups is 1. The summed E-state index contributed by atoms with van der Waals surface area (Å²) in [6.45, 7) is 3.22. The van der Waals surface area contributed by atoms with Crippen LogP contribution < -0.4 is 5.32 Å². The third kappa shape index (κ3) is 2.61. The first-order chi connectivity index (χ1) is 12.3. The van der Waals surface area contributed by atoms with E-state index in [9.17, 15) is 18.7 Å². The number of hydrogen-bond acceptors (Lipinski definition) is 3. The largest absolute Gasteiger partial charge is 0.394 e. The van der Waals surface area contributed by atoms with Crippen molar-refractivity contribution in [2.24, 2.45) is 0 Å². The molecular formula is C19H21F2N3O2. The van der Waals surface area contributed by atoms with Crippen molar-refractivity contribution in [3.8, 4) is 5.69 Å². The summed E-state index contributed by atoms with van der Waals surface area (Å²) in [5.74, 6) is -1.27. The Morgan fingerprint density at radius 1 is 1.35 bits per heavy atom. The van der Waals surface area contributed by atoms with Crippen molar-refractivity contribution in [3.05, 3.63) is 46.8 Å². The molecule has 1 aromatic carbocycles. The molecule has 138 valence electrons. The predicted molar refractivity (Wildman–Crippen MR) is 91.4 cm³/mol. The Morgan fingerprint density at radius 2 is 2.08 bits per heavy atom. The Hall–Kier alpha value is -2.28. The number of aliphatic hydroxyl groups excluding tert-OH is 1. The third-order valence-electron chi connectivity index (χ3n) is 5.39. The second kappa shape index (κ2) is 5.87. The van der Waals surface area contributed by atoms with Crippen LogP contribution in [-0.4, -0.2) is 32.9 Å². The number of aromatic nitrogens is 2. The van der Waals surface area contributed by atoms with E-state index >= 15 is 0 Å². The van der Waals surface area contributed by atoms with Crippen molar-refractivity contribution in [2.45, 2.75) is 50.5 Å². The van der Waals surface area contributed by atoms with Crippen LogP contribution in [0.3, 0.4) is 0 Å². The van der Waals surface area contributed by atoms with E-state index in [0.717, 1.165) is 36.6 Å². The van der Waals surface area contributed by atoms with Gasteiger partial charge in [0.1, 0.15) is 11.5 Å². The third-order valence-corrected chi connectivity index (χ3v) is 5.39. The Morgan fingerprint density at radius 3 is 2.77 bits per heavy atom. The molecule has 0 spiro atoms. The van der Waals surface area contributed by atoms with E-state index in [1.54, 1.807) is 13.8 Å². The predicted octanol–water partition coefficient (Wildman–Crippen LogP) is 3.02. The van der Waals surface area contributed by atoms with Crippen molar-refractivity contribution in [1.82, 2.24) is 15.1 Å². The van der Waals surface area contributed by atoms with E-state index in [2.05, 4.69) is 10.4 Å². The van der Waals surface area contributed by atoms with Crippen LogP contribution in [0.25, 0.3) is 5.69 Å². The molecule has 2 aliphatic carbocycles. The average molecular weight is 361 g/mol. The first-order valence-corrected chi connectivity index (χ1v) is 8.82. The molecule has 5 nitrogen and oxygen atoms in total. The summed E-state index contributed by atoms with van der Waals surface area (Å²) in [5, 5.41) is 16.6. The summed E-state index contributed by atoms with van der Waals surface area (Å²) < 4.78 is 29.1. The van der Waals surface area contributed by atoms with Crippen molar-refractivity contribution < 1.29 is 18.7 Å². The van der Waals surface area contributed by atoms with Crippen molar-refractivity contribution in [3.63, 3.8) is 0 Å². The van der Waals surface area contributed by atoms with Crippen LogP contribution in [0.4, 0.5) is 8.78 Å². The normalized spacial score (nSPS) is 21.1. The first-order valence-electron chi connectivity index (χ1n) is 8.82. The average Bonchev–Trinajstić information content (AvgIpc) is 3.26. The van der Waals surface area contributed by atoms with Crippen molar-refractivity contribution in [1.29, 1.82) is 0 Å². The van der Waals surface area contributed by atoms with E-state index in [1.165, 1.54) is 16.8 Å². The molecule has 2 aromatic rings. The van der Waals surface area contributed by atoms with E-state index < -0.39 is 17.2 Å². The first kappa shape index (κ1) is 17.1. The van der Waals surface area contributed by atoms with Gasteiger partial charge in [0, 0.05) is 17.5 Å². The van der Waals surface area contributed by atoms with Gasteiger partial charge in [0.2, 0.25) is 0 Å². The van der Waals surface area contributed by atoms with Gasteiger partial charge in [-0.1, -0.05) is 0 Å². The minimum Gasteiger partial charge on any atom is -0.394 e. The zero-order valence-corrected chi connectivity index (χ0v) is 14.7. The lowest BCUT2D eigenvalue weighted by Gasteiger charge is -2.23. The summed E-state index contributed by atoms with van der Waals surface area (Å²) in [6.07, 6.45) is 2.90. The maximum Gasteiger partial charge on any atom is 0.272 e. The number of amides is 1. The minimum absolute atomic E-state index is 0.149. The Labute approximate surface area is 150 Å². The van der Waals surface area contributed by atoms with E-state index in [1.807, 2.05) is 0 Å². The van der Waals surface area contributed by atoms with Gasteiger partial charge < -0.3 is 10.4 Å². The van der Waals surface area contributed by atoms with Gasteiger partial charge in [-0.05, 0) is 51.2 Å². The SMILES string of the molecule is CC(C)(CO)NC(=O)c1nn(-c2ccc(F)cc2F)c2c1[C@@H]1CC[C@H]2C1. The molecular weight excluding hydrogens is 340 g/mol. The Balaban J connectivity index is 1.83. The molecule has 2 atom stereocenters. The van der Waals surface area contributed by atoms with Crippen LogP contribution in [0.15, 0.2) is 18.2 Å². The molecule has 0 aliphatic heterocycles. The molecule has 4 rings (SSSR count). The van der Waals surface area contributed by atoms with E-state index in [0.29, 0.717) is 0 Å². The molecule has 1 amide bonds. The number of fused-ring (bicyclic) bond motifs is 5. The van der Waals surface area contributed by atoms with Gasteiger partial charge in [0.15, 0.2) is 11.5 Å². The standard InChI is InChI=1S/C19H21F2N3O2/c1-19(2,9-25)22-18(26)16-15-10-3-4-11(7-10)17(15)24(23-16)14-6-5-12(20)8-13(14)21/h5-6,8,10-11,25H,3-4,7,9H2,1-2H3,(H,22,26)/t10-,11+/m1/s1. The quantitative estimate of drug-likeness (QED) is 0.880. The van der Waals surface area contributed by atoms with Crippen molar-refractivity contribution in [2.75, 3.05) is 6.61 Å². The zero-order valence-electron chi connectivity index (χ0n) is 14.7. The molecule has 0 radical (unpaired) electrons. The van der Waals surface area contributed by atoms with Crippen LogP contribution in [-0.2, 0) is 0 Å². The summed E-state index contributed by atoms with van der Waals surface area (Å²) >= 11 is 0. The lowest BCUT2D eigenvalue weighted by molar-refractivity contribution is 0.0862. The summed E-state index contributed by atoms with van der Waals surface area (Å²) in [7, 11) is 0. The van der Waals surface area contributed by atoms with Crippen molar-refractivity contribution >= 4 is 5.91 Å². The second-order valence-corrected chi connectivity index (χ2v) is 7.86. The number of aliphatic hydroxyl groups is 1. The van der Waals surface area contributed by atoms with Gasteiger partial charge in [-0.15, -0.1) is 0 Å². The van der Waals surface area contributed by atoms with E-state index in [4.69, 9.17) is 0 Å². The maximum absolute atomic E-state index is 14.3. The van der Waals surface area contributed by atoms with E-state index in [-0.39, 0.29) is 35.7 Å². The number of carbonyl (C=O) groups excluding carboxylic acids is 1. The van der Waals surface area contributed by atoms with Gasteiger partial charge in [-0.25, -0.2) is 13.5 Å². The summed E-state index contributed by atoms with van der Waals surface area (Å²) in [6, 6.07) is 3.36. The van der Waals surface area contributed by atoms with Gasteiger partial charge in [0.25, 0.3) is 5.91 Å². The highest BCUT2D eigenvalue weighted by atomic mass is 19.1. The van der Waals surface area contributed by atoms with Gasteiger partial charge in [-0.2, -0.15) is 5.10 Å². The lowest BCUT2D eigenvalue weighted by Crippen LogP contribution is -2.46. The number of nitrogens with zero attached hydrogens (tertiary/aromatic N) is 2. The van der Waals surface area contributed by atoms with Gasteiger partial charge in [0.05, 0.1) is 17.8 Å². The molecule has 2 bridgehead atoms. The summed E-state index contributed by atoms with van der Waals surface area (Å²) in [4.78, 5) is 12.8. The minimum atomic E-state index is -0.785. The topological polar surface area (TPSA) is 67.2 Å². The highest BCUT2D eigenvalue weighted by Gasteiger charge is 2.44. The monoisotopic (exact) mass is 361 g/mol. The summed E-state index contributed by atoms with van der Waals surface area (Å²) in [5.41, 5.74) is 1.37. The molecule has 2 aliphatic rings. The molecule has 1 heterocycles. The fourth-order valence-electron chi connectivity index (χ4n) is 4.14. The van der Waals surface area contributed by atoms with Crippen LogP contribution >= 0.6 is 0 Å². The molecule has 1 saturated carbocycles. The molecule has 7 heteroatoms. The van der Waals surface area contributed by atoms with Crippen LogP contribution in [0.1, 0.15) is 66.7 Å². The maximum atomic E-state index is 14.3. The fraction of sp³-hybridized carbons (Fsp3) is 0.474. The smallest absolute Gasteiger partial charge is 0.272 e. The van der Waals surface area contributed by atoms with Crippen LogP contribution in [0, 0.1) is 11.6 Å². The number of halogens is 2. The molecule has 0 saturated heterocycles. The lowest BCUT2D eigenvalue weighted by atomic mass is 9.94. The molecule has 1 fully saturated rings. The fourth-order valence-corrected chi connectivity index (χ4v) is 4.14. The molecule has 2 N–H and O–H groups in total. The van der Waals surface area contributed by atoms with Crippen LogP contribution in [0.2, 0.25) is 0 Å². The molecule has 1 aromatic heterocycles.